The zero-order valence-electron chi connectivity index (χ0n) is 24.4. The van der Waals surface area contributed by atoms with Gasteiger partial charge in [0.05, 0.1) is 17.7 Å². The fourth-order valence-corrected chi connectivity index (χ4v) is 6.05. The van der Waals surface area contributed by atoms with Crippen molar-refractivity contribution in [2.45, 2.75) is 50.9 Å². The van der Waals surface area contributed by atoms with Crippen molar-refractivity contribution in [1.82, 2.24) is 20.3 Å². The molecule has 2 N–H and O–H groups in total. The summed E-state index contributed by atoms with van der Waals surface area (Å²) in [5.41, 5.74) is 6.78. The van der Waals surface area contributed by atoms with E-state index in [-0.39, 0.29) is 6.04 Å². The van der Waals surface area contributed by atoms with Gasteiger partial charge in [0.2, 0.25) is 0 Å². The standard InChI is InChI=1S/C36H35N5O3/c42-25-28-14-20-34-33(22-28)38-39-40(34)21-7-10-26-13-19-32(29-11-5-2-6-12-29)35(23-26)41(36(43)44)31-17-15-30(16-18-31)37-24-27-8-3-1-4-9-27/h1-14,19-20,22-23,25,30-31,37H,15-18,21,24H2,(H,43,44)/b10-7+. The summed E-state index contributed by atoms with van der Waals surface area (Å²) in [6, 6.07) is 31.9. The molecule has 222 valence electrons. The number of aldehydes is 1. The molecule has 0 spiro atoms. The number of benzene rings is 4. The third-order valence-corrected chi connectivity index (χ3v) is 8.33. The molecule has 6 rings (SSSR count). The van der Waals surface area contributed by atoms with Gasteiger partial charge in [0, 0.05) is 29.8 Å². The maximum Gasteiger partial charge on any atom is 0.412 e. The van der Waals surface area contributed by atoms with Gasteiger partial charge in [0.25, 0.3) is 0 Å². The third-order valence-electron chi connectivity index (χ3n) is 8.33. The number of hydrogen-bond acceptors (Lipinski definition) is 5. The van der Waals surface area contributed by atoms with Crippen LogP contribution in [0.5, 0.6) is 0 Å². The number of amides is 1. The van der Waals surface area contributed by atoms with Gasteiger partial charge in [-0.15, -0.1) is 5.10 Å². The summed E-state index contributed by atoms with van der Waals surface area (Å²) in [6.07, 6.45) is 7.24. The summed E-state index contributed by atoms with van der Waals surface area (Å²) in [5, 5.41) is 22.6. The lowest BCUT2D eigenvalue weighted by atomic mass is 9.89. The van der Waals surface area contributed by atoms with E-state index in [9.17, 15) is 14.7 Å². The number of carbonyl (C=O) groups is 2. The van der Waals surface area contributed by atoms with Crippen LogP contribution in [0.25, 0.3) is 28.2 Å². The molecule has 0 atom stereocenters. The highest BCUT2D eigenvalue weighted by Gasteiger charge is 2.31. The van der Waals surface area contributed by atoms with Crippen molar-refractivity contribution in [3.63, 3.8) is 0 Å². The molecule has 1 heterocycles. The molecule has 1 aliphatic carbocycles. The lowest BCUT2D eigenvalue weighted by Gasteiger charge is -2.36. The molecule has 8 nitrogen and oxygen atoms in total. The van der Waals surface area contributed by atoms with Crippen LogP contribution in [0.3, 0.4) is 0 Å². The summed E-state index contributed by atoms with van der Waals surface area (Å²) >= 11 is 0. The predicted octanol–water partition coefficient (Wildman–Crippen LogP) is 7.21. The van der Waals surface area contributed by atoms with Crippen molar-refractivity contribution < 1.29 is 14.7 Å². The van der Waals surface area contributed by atoms with Gasteiger partial charge in [0.1, 0.15) is 11.8 Å². The molecular weight excluding hydrogens is 550 g/mol. The largest absolute Gasteiger partial charge is 0.465 e. The van der Waals surface area contributed by atoms with E-state index < -0.39 is 6.09 Å². The average Bonchev–Trinajstić information content (AvgIpc) is 3.47. The van der Waals surface area contributed by atoms with Crippen LogP contribution < -0.4 is 10.2 Å². The van der Waals surface area contributed by atoms with E-state index in [1.54, 1.807) is 21.7 Å². The number of anilines is 1. The number of rotatable bonds is 10. The first kappa shape index (κ1) is 29.0. The van der Waals surface area contributed by atoms with Crippen LogP contribution in [0.15, 0.2) is 103 Å². The number of nitrogens with zero attached hydrogens (tertiary/aromatic N) is 4. The first-order valence-corrected chi connectivity index (χ1v) is 15.0. The summed E-state index contributed by atoms with van der Waals surface area (Å²) in [6.45, 7) is 1.30. The van der Waals surface area contributed by atoms with E-state index in [2.05, 4.69) is 27.8 Å². The Morgan fingerprint density at radius 2 is 1.64 bits per heavy atom. The monoisotopic (exact) mass is 585 g/mol. The first-order valence-electron chi connectivity index (χ1n) is 15.0. The molecule has 1 aliphatic rings. The minimum absolute atomic E-state index is 0.110. The Balaban J connectivity index is 1.22. The van der Waals surface area contributed by atoms with Crippen LogP contribution in [-0.2, 0) is 13.1 Å². The number of nitrogens with one attached hydrogen (secondary N) is 1. The van der Waals surface area contributed by atoms with Crippen molar-refractivity contribution in [3.8, 4) is 11.1 Å². The van der Waals surface area contributed by atoms with Gasteiger partial charge in [-0.05, 0) is 66.6 Å². The molecule has 0 radical (unpaired) electrons. The fourth-order valence-electron chi connectivity index (χ4n) is 6.05. The summed E-state index contributed by atoms with van der Waals surface area (Å²) < 4.78 is 1.77. The zero-order valence-corrected chi connectivity index (χ0v) is 24.4. The minimum atomic E-state index is -0.937. The molecule has 1 aromatic heterocycles. The predicted molar refractivity (Wildman–Crippen MR) is 174 cm³/mol. The molecule has 0 saturated heterocycles. The van der Waals surface area contributed by atoms with E-state index in [1.165, 1.54) is 5.56 Å². The topological polar surface area (TPSA) is 100 Å². The van der Waals surface area contributed by atoms with Crippen LogP contribution in [0.4, 0.5) is 10.5 Å². The van der Waals surface area contributed by atoms with Crippen LogP contribution in [0, 0.1) is 0 Å². The molecule has 5 aromatic rings. The minimum Gasteiger partial charge on any atom is -0.465 e. The number of fused-ring (bicyclic) bond motifs is 1. The Kier molecular flexibility index (Phi) is 8.89. The van der Waals surface area contributed by atoms with Gasteiger partial charge in [-0.3, -0.25) is 9.69 Å². The van der Waals surface area contributed by atoms with E-state index in [0.29, 0.717) is 29.4 Å². The van der Waals surface area contributed by atoms with Crippen LogP contribution in [0.1, 0.15) is 47.2 Å². The Labute approximate surface area is 256 Å². The second-order valence-corrected chi connectivity index (χ2v) is 11.2. The van der Waals surface area contributed by atoms with Gasteiger partial charge in [0.15, 0.2) is 0 Å². The number of carboxylic acid groups (broad SMARTS) is 1. The molecule has 0 bridgehead atoms. The van der Waals surface area contributed by atoms with Gasteiger partial charge in [-0.2, -0.15) is 0 Å². The Bertz CT molecular complexity index is 1760. The normalized spacial score (nSPS) is 16.7. The fraction of sp³-hybridized carbons (Fsp3) is 0.222. The van der Waals surface area contributed by atoms with Gasteiger partial charge >= 0.3 is 6.09 Å². The maximum absolute atomic E-state index is 12.9. The lowest BCUT2D eigenvalue weighted by Crippen LogP contribution is -2.45. The van der Waals surface area contributed by atoms with Crippen molar-refractivity contribution in [3.05, 3.63) is 120 Å². The second-order valence-electron chi connectivity index (χ2n) is 11.2. The van der Waals surface area contributed by atoms with Crippen molar-refractivity contribution in [2.24, 2.45) is 0 Å². The van der Waals surface area contributed by atoms with E-state index in [0.717, 1.165) is 60.7 Å². The van der Waals surface area contributed by atoms with E-state index in [4.69, 9.17) is 0 Å². The van der Waals surface area contributed by atoms with Crippen LogP contribution in [-0.4, -0.2) is 44.6 Å². The molecule has 1 fully saturated rings. The molecule has 0 aliphatic heterocycles. The summed E-state index contributed by atoms with van der Waals surface area (Å²) in [7, 11) is 0. The third kappa shape index (κ3) is 6.61. The van der Waals surface area contributed by atoms with Crippen molar-refractivity contribution in [2.75, 3.05) is 4.90 Å². The van der Waals surface area contributed by atoms with Crippen molar-refractivity contribution in [1.29, 1.82) is 0 Å². The molecule has 0 unspecified atom stereocenters. The van der Waals surface area contributed by atoms with Crippen LogP contribution in [0.2, 0.25) is 0 Å². The van der Waals surface area contributed by atoms with Crippen LogP contribution >= 0.6 is 0 Å². The maximum atomic E-state index is 12.9. The Hall–Kier alpha value is -5.08. The summed E-state index contributed by atoms with van der Waals surface area (Å²) in [5.74, 6) is 0. The Morgan fingerprint density at radius 1 is 0.909 bits per heavy atom. The Morgan fingerprint density at radius 3 is 2.36 bits per heavy atom. The van der Waals surface area contributed by atoms with E-state index >= 15 is 0 Å². The average molecular weight is 586 g/mol. The highest BCUT2D eigenvalue weighted by atomic mass is 16.4. The molecule has 4 aromatic carbocycles. The number of carbonyl (C=O) groups excluding carboxylic acids is 1. The summed E-state index contributed by atoms with van der Waals surface area (Å²) in [4.78, 5) is 25.6. The zero-order chi connectivity index (χ0) is 30.3. The second kappa shape index (κ2) is 13.5. The van der Waals surface area contributed by atoms with E-state index in [1.807, 2.05) is 84.9 Å². The van der Waals surface area contributed by atoms with Gasteiger partial charge < -0.3 is 10.4 Å². The van der Waals surface area contributed by atoms with Gasteiger partial charge in [-0.1, -0.05) is 90.2 Å². The van der Waals surface area contributed by atoms with Crippen molar-refractivity contribution >= 4 is 35.2 Å². The van der Waals surface area contributed by atoms with Gasteiger partial charge in [-0.25, -0.2) is 9.48 Å². The number of aromatic nitrogens is 3. The SMILES string of the molecule is O=Cc1ccc2c(c1)nnn2C/C=C/c1ccc(-c2ccccc2)c(N(C(=O)O)C2CCC(NCc3ccccc3)CC2)c1. The number of hydrogen-bond donors (Lipinski definition) is 2. The smallest absolute Gasteiger partial charge is 0.412 e. The number of allylic oxidation sites excluding steroid dienone is 1. The molecule has 8 heteroatoms. The molecule has 44 heavy (non-hydrogen) atoms. The lowest BCUT2D eigenvalue weighted by molar-refractivity contribution is 0.112. The molecule has 1 amide bonds. The quantitative estimate of drug-likeness (QED) is 0.168. The molecule has 1 saturated carbocycles. The highest BCUT2D eigenvalue weighted by molar-refractivity contribution is 5.94. The first-order chi connectivity index (χ1) is 21.6. The highest BCUT2D eigenvalue weighted by Crippen LogP contribution is 2.36. The molecular formula is C36H35N5O3.